The number of rotatable bonds is 8. The van der Waals surface area contributed by atoms with Gasteiger partial charge in [0.15, 0.2) is 0 Å². The number of thiophene rings is 1. The number of carbonyl (C=O) groups is 2. The van der Waals surface area contributed by atoms with Crippen LogP contribution in [0.25, 0.3) is 0 Å². The molecule has 1 saturated heterocycles. The highest BCUT2D eigenvalue weighted by molar-refractivity contribution is 7.10. The van der Waals surface area contributed by atoms with E-state index in [-0.39, 0.29) is 17.9 Å². The summed E-state index contributed by atoms with van der Waals surface area (Å²) in [7, 11) is 0. The first-order valence-corrected chi connectivity index (χ1v) is 15.1. The fourth-order valence-electron chi connectivity index (χ4n) is 5.65. The Morgan fingerprint density at radius 2 is 1.69 bits per heavy atom. The van der Waals surface area contributed by atoms with Gasteiger partial charge in [0.05, 0.1) is 19.2 Å². The van der Waals surface area contributed by atoms with Crippen LogP contribution in [0.2, 0.25) is 0 Å². The maximum absolute atomic E-state index is 13.6. The van der Waals surface area contributed by atoms with Gasteiger partial charge in [-0.05, 0) is 78.6 Å². The van der Waals surface area contributed by atoms with Gasteiger partial charge in [-0.25, -0.2) is 0 Å². The Bertz CT molecular complexity index is 1270. The molecule has 0 bridgehead atoms. The van der Waals surface area contributed by atoms with Gasteiger partial charge in [0.25, 0.3) is 5.91 Å². The quantitative estimate of drug-likeness (QED) is 0.348. The van der Waals surface area contributed by atoms with Gasteiger partial charge >= 0.3 is 0 Å². The maximum Gasteiger partial charge on any atom is 0.253 e. The third-order valence-corrected chi connectivity index (χ3v) is 8.89. The lowest BCUT2D eigenvalue weighted by atomic mass is 9.90. The average Bonchev–Trinajstić information content (AvgIpc) is 3.29. The van der Waals surface area contributed by atoms with Crippen LogP contribution in [0, 0.1) is 6.92 Å². The molecule has 2 aromatic carbocycles. The van der Waals surface area contributed by atoms with Crippen LogP contribution in [-0.4, -0.2) is 72.4 Å². The van der Waals surface area contributed by atoms with Crippen LogP contribution in [0.4, 0.5) is 0 Å². The summed E-state index contributed by atoms with van der Waals surface area (Å²) in [5.41, 5.74) is 4.53. The number of unbranched alkanes of at least 4 members (excludes halogenated alkanes) is 1. The van der Waals surface area contributed by atoms with Crippen LogP contribution in [0.3, 0.4) is 0 Å². The van der Waals surface area contributed by atoms with Crippen LogP contribution in [-0.2, 0) is 11.2 Å². The van der Waals surface area contributed by atoms with Crippen LogP contribution < -0.4 is 4.74 Å². The molecule has 3 heterocycles. The first-order chi connectivity index (χ1) is 19.0. The van der Waals surface area contributed by atoms with E-state index < -0.39 is 0 Å². The molecule has 1 atom stereocenters. The topological polar surface area (TPSA) is 53.1 Å². The fourth-order valence-corrected chi connectivity index (χ4v) is 6.55. The number of carbonyl (C=O) groups excluding carboxylic acids is 2. The summed E-state index contributed by atoms with van der Waals surface area (Å²) >= 11 is 1.82. The van der Waals surface area contributed by atoms with E-state index in [1.165, 1.54) is 21.6 Å². The van der Waals surface area contributed by atoms with Crippen molar-refractivity contribution in [2.45, 2.75) is 45.6 Å². The van der Waals surface area contributed by atoms with Gasteiger partial charge < -0.3 is 14.5 Å². The SMILES string of the molecule is CCCCOc1ccc(C(=O)N2CCCN(C(=O)CN3CCc4sccc4[C@H]3c3ccccc3C)CC2)cc1. The number of benzene rings is 2. The number of amides is 2. The fraction of sp³-hybridized carbons (Fsp3) is 0.438. The monoisotopic (exact) mass is 545 g/mol. The number of ether oxygens (including phenoxy) is 1. The summed E-state index contributed by atoms with van der Waals surface area (Å²) in [5, 5.41) is 2.18. The number of hydrogen-bond donors (Lipinski definition) is 0. The van der Waals surface area contributed by atoms with Gasteiger partial charge in [-0.2, -0.15) is 0 Å². The molecule has 2 amide bonds. The summed E-state index contributed by atoms with van der Waals surface area (Å²) in [6.07, 6.45) is 3.87. The van der Waals surface area contributed by atoms with Gasteiger partial charge in [0.1, 0.15) is 5.75 Å². The van der Waals surface area contributed by atoms with Crippen molar-refractivity contribution >= 4 is 23.2 Å². The predicted octanol–water partition coefficient (Wildman–Crippen LogP) is 5.56. The first kappa shape index (κ1) is 27.4. The van der Waals surface area contributed by atoms with Crippen LogP contribution in [0.1, 0.15) is 64.2 Å². The molecule has 1 aromatic heterocycles. The average molecular weight is 546 g/mol. The van der Waals surface area contributed by atoms with Gasteiger partial charge in [-0.15, -0.1) is 11.3 Å². The molecular formula is C32H39N3O3S. The summed E-state index contributed by atoms with van der Waals surface area (Å²) in [5.74, 6) is 0.962. The summed E-state index contributed by atoms with van der Waals surface area (Å²) < 4.78 is 5.73. The zero-order valence-electron chi connectivity index (χ0n) is 23.1. The Balaban J connectivity index is 1.21. The van der Waals surface area contributed by atoms with Crippen molar-refractivity contribution in [3.8, 4) is 5.75 Å². The molecule has 2 aliphatic rings. The van der Waals surface area contributed by atoms with E-state index in [2.05, 4.69) is 54.5 Å². The van der Waals surface area contributed by atoms with Crippen molar-refractivity contribution in [2.24, 2.45) is 0 Å². The van der Waals surface area contributed by atoms with Gasteiger partial charge in [-0.3, -0.25) is 14.5 Å². The number of hydrogen-bond acceptors (Lipinski definition) is 5. The molecule has 0 radical (unpaired) electrons. The predicted molar refractivity (Wildman–Crippen MR) is 157 cm³/mol. The van der Waals surface area contributed by atoms with E-state index in [1.807, 2.05) is 45.4 Å². The lowest BCUT2D eigenvalue weighted by Crippen LogP contribution is -2.45. The molecule has 0 aliphatic carbocycles. The van der Waals surface area contributed by atoms with Gasteiger partial charge in [-0.1, -0.05) is 37.6 Å². The second-order valence-electron chi connectivity index (χ2n) is 10.5. The Morgan fingerprint density at radius 1 is 0.923 bits per heavy atom. The molecule has 0 unspecified atom stereocenters. The van der Waals surface area contributed by atoms with Gasteiger partial charge in [0, 0.05) is 43.2 Å². The highest BCUT2D eigenvalue weighted by Crippen LogP contribution is 2.38. The highest BCUT2D eigenvalue weighted by Gasteiger charge is 2.33. The normalized spacial score (nSPS) is 17.9. The van der Waals surface area contributed by atoms with Crippen LogP contribution >= 0.6 is 11.3 Å². The van der Waals surface area contributed by atoms with Crippen molar-refractivity contribution in [3.63, 3.8) is 0 Å². The molecule has 0 saturated carbocycles. The number of aryl methyl sites for hydroxylation is 1. The number of fused-ring (bicyclic) bond motifs is 1. The molecule has 0 spiro atoms. The molecule has 7 heteroatoms. The van der Waals surface area contributed by atoms with E-state index in [9.17, 15) is 9.59 Å². The second-order valence-corrected chi connectivity index (χ2v) is 11.5. The highest BCUT2D eigenvalue weighted by atomic mass is 32.1. The Morgan fingerprint density at radius 3 is 2.49 bits per heavy atom. The van der Waals surface area contributed by atoms with E-state index >= 15 is 0 Å². The van der Waals surface area contributed by atoms with Crippen molar-refractivity contribution < 1.29 is 14.3 Å². The van der Waals surface area contributed by atoms with Crippen molar-refractivity contribution in [3.05, 3.63) is 87.1 Å². The lowest BCUT2D eigenvalue weighted by molar-refractivity contribution is -0.132. The molecule has 5 rings (SSSR count). The molecule has 0 N–H and O–H groups in total. The third-order valence-electron chi connectivity index (χ3n) is 7.89. The van der Waals surface area contributed by atoms with Crippen molar-refractivity contribution in [1.82, 2.24) is 14.7 Å². The molecule has 1 fully saturated rings. The van der Waals surface area contributed by atoms with E-state index in [1.54, 1.807) is 0 Å². The van der Waals surface area contributed by atoms with E-state index in [0.29, 0.717) is 44.9 Å². The largest absolute Gasteiger partial charge is 0.494 e. The Kier molecular flexibility index (Phi) is 8.99. The minimum Gasteiger partial charge on any atom is -0.494 e. The Labute approximate surface area is 236 Å². The van der Waals surface area contributed by atoms with Crippen LogP contribution in [0.5, 0.6) is 5.75 Å². The molecule has 206 valence electrons. The Hall–Kier alpha value is -3.16. The van der Waals surface area contributed by atoms with Crippen molar-refractivity contribution in [2.75, 3.05) is 45.9 Å². The minimum atomic E-state index is 0.0186. The standard InChI is InChI=1S/C32H39N3O3S/c1-3-4-21-38-26-12-10-25(11-13-26)32(37)34-17-7-16-33(19-20-34)30(36)23-35-18-14-29-28(15-22-39-29)31(35)27-9-6-5-8-24(27)2/h5-6,8-13,15,22,31H,3-4,7,14,16-21,23H2,1-2H3/t31-/m1/s1. The summed E-state index contributed by atoms with van der Waals surface area (Å²) in [6, 6.07) is 18.3. The second kappa shape index (κ2) is 12.8. The molecule has 39 heavy (non-hydrogen) atoms. The lowest BCUT2D eigenvalue weighted by Gasteiger charge is -2.37. The molecule has 2 aliphatic heterocycles. The molecular weight excluding hydrogens is 506 g/mol. The van der Waals surface area contributed by atoms with E-state index in [4.69, 9.17) is 4.74 Å². The molecule has 3 aromatic rings. The smallest absolute Gasteiger partial charge is 0.253 e. The number of nitrogens with zero attached hydrogens (tertiary/aromatic N) is 3. The minimum absolute atomic E-state index is 0.0186. The third kappa shape index (κ3) is 6.36. The summed E-state index contributed by atoms with van der Waals surface area (Å²) in [4.78, 5) is 34.4. The summed E-state index contributed by atoms with van der Waals surface area (Å²) in [6.45, 7) is 8.70. The van der Waals surface area contributed by atoms with Crippen LogP contribution in [0.15, 0.2) is 60.0 Å². The van der Waals surface area contributed by atoms with E-state index in [0.717, 1.165) is 38.0 Å². The zero-order chi connectivity index (χ0) is 27.2. The maximum atomic E-state index is 13.6. The molecule has 6 nitrogen and oxygen atoms in total. The van der Waals surface area contributed by atoms with Crippen molar-refractivity contribution in [1.29, 1.82) is 0 Å². The first-order valence-electron chi connectivity index (χ1n) is 14.2. The zero-order valence-corrected chi connectivity index (χ0v) is 23.9. The van der Waals surface area contributed by atoms with Gasteiger partial charge in [0.2, 0.25) is 5.91 Å².